The number of anilines is 1. The number of hydrogen-bond acceptors (Lipinski definition) is 5. The number of rotatable bonds is 7. The van der Waals surface area contributed by atoms with Crippen LogP contribution in [0.1, 0.15) is 26.3 Å². The molecule has 3 rings (SSSR count). The molecule has 0 aliphatic carbocycles. The summed E-state index contributed by atoms with van der Waals surface area (Å²) in [6, 6.07) is 19.7. The number of nitrogens with one attached hydrogen (secondary N) is 2. The summed E-state index contributed by atoms with van der Waals surface area (Å²) < 4.78 is 9.82. The van der Waals surface area contributed by atoms with Crippen LogP contribution in [0.15, 0.2) is 78.5 Å². The second kappa shape index (κ2) is 11.0. The van der Waals surface area contributed by atoms with E-state index in [4.69, 9.17) is 16.3 Å². The van der Waals surface area contributed by atoms with Gasteiger partial charge < -0.3 is 20.1 Å². The topological polar surface area (TPSA) is 93.7 Å². The normalized spacial score (nSPS) is 10.8. The summed E-state index contributed by atoms with van der Waals surface area (Å²) in [5, 5.41) is 5.60. The number of methoxy groups -OCH3 is 2. The number of carbonyl (C=O) groups excluding carboxylic acids is 3. The lowest BCUT2D eigenvalue weighted by Gasteiger charge is -2.12. The van der Waals surface area contributed by atoms with Crippen molar-refractivity contribution >= 4 is 41.1 Å². The highest BCUT2D eigenvalue weighted by Gasteiger charge is 2.17. The highest BCUT2D eigenvalue weighted by molar-refractivity contribution is 6.34. The maximum atomic E-state index is 13.0. The van der Waals surface area contributed by atoms with E-state index in [2.05, 4.69) is 15.4 Å². The molecule has 0 radical (unpaired) electrons. The highest BCUT2D eigenvalue weighted by Crippen LogP contribution is 2.18. The van der Waals surface area contributed by atoms with E-state index in [9.17, 15) is 14.4 Å². The molecule has 7 nitrogen and oxygen atoms in total. The third kappa shape index (κ3) is 6.21. The first-order valence-corrected chi connectivity index (χ1v) is 10.2. The van der Waals surface area contributed by atoms with Crippen LogP contribution in [-0.4, -0.2) is 32.0 Å². The van der Waals surface area contributed by atoms with Gasteiger partial charge >= 0.3 is 5.97 Å². The van der Waals surface area contributed by atoms with Crippen LogP contribution in [0.4, 0.5) is 5.69 Å². The number of amides is 2. The van der Waals surface area contributed by atoms with Crippen molar-refractivity contribution in [3.05, 3.63) is 100 Å². The molecule has 8 heteroatoms. The molecule has 0 saturated heterocycles. The van der Waals surface area contributed by atoms with Gasteiger partial charge in [0.2, 0.25) is 0 Å². The Kier molecular flexibility index (Phi) is 7.83. The Morgan fingerprint density at radius 1 is 0.879 bits per heavy atom. The minimum absolute atomic E-state index is 0.00197. The fraction of sp³-hybridized carbons (Fsp3) is 0.0800. The quantitative estimate of drug-likeness (QED) is 0.395. The van der Waals surface area contributed by atoms with Crippen molar-refractivity contribution in [1.82, 2.24) is 5.32 Å². The molecule has 2 N–H and O–H groups in total. The number of ether oxygens (including phenoxy) is 2. The van der Waals surface area contributed by atoms with Crippen LogP contribution in [0.25, 0.3) is 6.08 Å². The molecule has 0 aliphatic rings. The molecule has 0 aromatic heterocycles. The van der Waals surface area contributed by atoms with Crippen LogP contribution in [0.2, 0.25) is 5.02 Å². The fourth-order valence-electron chi connectivity index (χ4n) is 2.87. The van der Waals surface area contributed by atoms with E-state index >= 15 is 0 Å². The number of carbonyl (C=O) groups is 3. The third-order valence-corrected chi connectivity index (χ3v) is 4.93. The minimum Gasteiger partial charge on any atom is -0.497 e. The average molecular weight is 465 g/mol. The Hall–Kier alpha value is -4.10. The molecule has 0 unspecified atom stereocenters. The first-order chi connectivity index (χ1) is 15.9. The van der Waals surface area contributed by atoms with Gasteiger partial charge in [-0.25, -0.2) is 4.79 Å². The van der Waals surface area contributed by atoms with Crippen LogP contribution < -0.4 is 15.4 Å². The first kappa shape index (κ1) is 23.6. The molecule has 0 atom stereocenters. The Morgan fingerprint density at radius 3 is 2.15 bits per heavy atom. The van der Waals surface area contributed by atoms with Crippen LogP contribution in [0.3, 0.4) is 0 Å². The number of benzene rings is 3. The molecular weight excluding hydrogens is 444 g/mol. The number of halogens is 1. The van der Waals surface area contributed by atoms with E-state index in [1.165, 1.54) is 25.3 Å². The van der Waals surface area contributed by atoms with Gasteiger partial charge in [-0.1, -0.05) is 35.9 Å². The summed E-state index contributed by atoms with van der Waals surface area (Å²) in [4.78, 5) is 37.4. The van der Waals surface area contributed by atoms with Gasteiger partial charge in [0.05, 0.1) is 30.4 Å². The molecule has 3 aromatic rings. The zero-order valence-corrected chi connectivity index (χ0v) is 18.7. The lowest BCUT2D eigenvalue weighted by atomic mass is 10.1. The maximum absolute atomic E-state index is 13.0. The van der Waals surface area contributed by atoms with Crippen molar-refractivity contribution < 1.29 is 23.9 Å². The largest absolute Gasteiger partial charge is 0.497 e. The standard InChI is InChI=1S/C25H21ClN2O5/c1-32-19-13-7-16(8-14-19)15-22(28-23(29)20-5-3-4-6-21(20)26)24(30)27-18-11-9-17(10-12-18)25(31)33-2/h3-15H,1-2H3,(H,27,30)(H,28,29)/b22-15+. The molecular formula is C25H21ClN2O5. The molecule has 0 saturated carbocycles. The molecule has 33 heavy (non-hydrogen) atoms. The van der Waals surface area contributed by atoms with E-state index in [1.54, 1.807) is 67.8 Å². The Morgan fingerprint density at radius 2 is 1.55 bits per heavy atom. The average Bonchev–Trinajstić information content (AvgIpc) is 2.84. The van der Waals surface area contributed by atoms with Crippen molar-refractivity contribution in [2.24, 2.45) is 0 Å². The van der Waals surface area contributed by atoms with Crippen molar-refractivity contribution in [1.29, 1.82) is 0 Å². The van der Waals surface area contributed by atoms with Crippen LogP contribution in [-0.2, 0) is 9.53 Å². The van der Waals surface area contributed by atoms with E-state index in [1.807, 2.05) is 0 Å². The van der Waals surface area contributed by atoms with E-state index in [0.29, 0.717) is 22.6 Å². The SMILES string of the molecule is COC(=O)c1ccc(NC(=O)/C(=C\c2ccc(OC)cc2)NC(=O)c2ccccc2Cl)cc1. The summed E-state index contributed by atoms with van der Waals surface area (Å²) in [6.07, 6.45) is 1.53. The zero-order chi connectivity index (χ0) is 23.8. The third-order valence-electron chi connectivity index (χ3n) is 4.60. The molecule has 2 amide bonds. The summed E-state index contributed by atoms with van der Waals surface area (Å²) in [7, 11) is 2.84. The van der Waals surface area contributed by atoms with Gasteiger partial charge in [-0.15, -0.1) is 0 Å². The van der Waals surface area contributed by atoms with Crippen molar-refractivity contribution in [3.8, 4) is 5.75 Å². The Bertz CT molecular complexity index is 1190. The van der Waals surface area contributed by atoms with Crippen molar-refractivity contribution in [2.75, 3.05) is 19.5 Å². The zero-order valence-electron chi connectivity index (χ0n) is 17.9. The summed E-state index contributed by atoms with van der Waals surface area (Å²) in [5.41, 5.74) is 1.68. The molecule has 0 fully saturated rings. The Labute approximate surface area is 196 Å². The first-order valence-electron chi connectivity index (χ1n) is 9.82. The van der Waals surface area contributed by atoms with Gasteiger partial charge in [0.1, 0.15) is 11.4 Å². The van der Waals surface area contributed by atoms with Gasteiger partial charge in [-0.3, -0.25) is 9.59 Å². The minimum atomic E-state index is -0.558. The summed E-state index contributed by atoms with van der Waals surface area (Å²) >= 11 is 6.13. The summed E-state index contributed by atoms with van der Waals surface area (Å²) in [5.74, 6) is -0.919. The van der Waals surface area contributed by atoms with Crippen molar-refractivity contribution in [3.63, 3.8) is 0 Å². The molecule has 0 spiro atoms. The van der Waals surface area contributed by atoms with E-state index in [-0.39, 0.29) is 16.3 Å². The molecule has 168 valence electrons. The predicted molar refractivity (Wildman–Crippen MR) is 126 cm³/mol. The second-order valence-electron chi connectivity index (χ2n) is 6.79. The highest BCUT2D eigenvalue weighted by atomic mass is 35.5. The summed E-state index contributed by atoms with van der Waals surface area (Å²) in [6.45, 7) is 0. The van der Waals surface area contributed by atoms with Crippen LogP contribution in [0, 0.1) is 0 Å². The van der Waals surface area contributed by atoms with Gasteiger partial charge in [0, 0.05) is 5.69 Å². The van der Waals surface area contributed by atoms with Crippen LogP contribution >= 0.6 is 11.6 Å². The van der Waals surface area contributed by atoms with E-state index < -0.39 is 17.8 Å². The monoisotopic (exact) mass is 464 g/mol. The molecule has 0 bridgehead atoms. The lowest BCUT2D eigenvalue weighted by molar-refractivity contribution is -0.113. The molecule has 0 heterocycles. The lowest BCUT2D eigenvalue weighted by Crippen LogP contribution is -2.31. The second-order valence-corrected chi connectivity index (χ2v) is 7.20. The predicted octanol–water partition coefficient (Wildman–Crippen LogP) is 4.54. The van der Waals surface area contributed by atoms with Gasteiger partial charge in [0.25, 0.3) is 11.8 Å². The van der Waals surface area contributed by atoms with Gasteiger partial charge in [-0.05, 0) is 60.2 Å². The molecule has 0 aliphatic heterocycles. The fourth-order valence-corrected chi connectivity index (χ4v) is 3.09. The Balaban J connectivity index is 1.87. The van der Waals surface area contributed by atoms with Crippen molar-refractivity contribution in [2.45, 2.75) is 0 Å². The van der Waals surface area contributed by atoms with E-state index in [0.717, 1.165) is 0 Å². The van der Waals surface area contributed by atoms with Gasteiger partial charge in [-0.2, -0.15) is 0 Å². The van der Waals surface area contributed by atoms with Crippen LogP contribution in [0.5, 0.6) is 5.75 Å². The van der Waals surface area contributed by atoms with Gasteiger partial charge in [0.15, 0.2) is 0 Å². The number of hydrogen-bond donors (Lipinski definition) is 2. The molecule has 3 aromatic carbocycles. The number of esters is 1. The smallest absolute Gasteiger partial charge is 0.337 e. The maximum Gasteiger partial charge on any atom is 0.337 e.